The van der Waals surface area contributed by atoms with Gasteiger partial charge in [-0.05, 0) is 12.1 Å². The topological polar surface area (TPSA) is 55.8 Å². The Morgan fingerprint density at radius 1 is 0.897 bits per heavy atom. The number of halogens is 1. The predicted octanol–water partition coefficient (Wildman–Crippen LogP) is 4.41. The van der Waals surface area contributed by atoms with Gasteiger partial charge in [0.05, 0.1) is 26.3 Å². The standard InChI is InChI=1S/C23H26ClNO4/c1-14-21(16-9-5-7-11-18(16)28-3)25(20(26)13-24)22(15(2)23(14)27)17-10-6-8-12-19(17)29-4/h5-12,14-15,21-22H,13H2,1-4H3/t14-,15+,21+,22-. The minimum atomic E-state index is -0.490. The fourth-order valence-corrected chi connectivity index (χ4v) is 4.56. The van der Waals surface area contributed by atoms with E-state index in [1.54, 1.807) is 19.1 Å². The van der Waals surface area contributed by atoms with Gasteiger partial charge < -0.3 is 14.4 Å². The van der Waals surface area contributed by atoms with Crippen LogP contribution in [0.1, 0.15) is 37.1 Å². The van der Waals surface area contributed by atoms with E-state index in [0.717, 1.165) is 11.1 Å². The average molecular weight is 416 g/mol. The summed E-state index contributed by atoms with van der Waals surface area (Å²) in [5, 5.41) is 0. The van der Waals surface area contributed by atoms with Crippen molar-refractivity contribution in [2.45, 2.75) is 25.9 Å². The normalized spacial score (nSPS) is 24.3. The number of piperidine rings is 1. The number of carbonyl (C=O) groups is 2. The van der Waals surface area contributed by atoms with Crippen molar-refractivity contribution in [1.29, 1.82) is 0 Å². The van der Waals surface area contributed by atoms with Crippen LogP contribution < -0.4 is 9.47 Å². The van der Waals surface area contributed by atoms with Gasteiger partial charge in [0.2, 0.25) is 5.91 Å². The summed E-state index contributed by atoms with van der Waals surface area (Å²) in [6.45, 7) is 3.73. The van der Waals surface area contributed by atoms with E-state index in [4.69, 9.17) is 21.1 Å². The minimum absolute atomic E-state index is 0.0930. The largest absolute Gasteiger partial charge is 0.496 e. The molecule has 1 saturated heterocycles. The Kier molecular flexibility index (Phi) is 6.48. The van der Waals surface area contributed by atoms with Crippen LogP contribution >= 0.6 is 11.6 Å². The third-order valence-corrected chi connectivity index (χ3v) is 5.99. The van der Waals surface area contributed by atoms with Gasteiger partial charge in [0.25, 0.3) is 0 Å². The lowest BCUT2D eigenvalue weighted by molar-refractivity contribution is -0.149. The maximum atomic E-state index is 13.3. The number of rotatable bonds is 5. The molecule has 0 spiro atoms. The maximum Gasteiger partial charge on any atom is 0.238 e. The first kappa shape index (κ1) is 21.2. The quantitative estimate of drug-likeness (QED) is 0.679. The van der Waals surface area contributed by atoms with E-state index in [0.29, 0.717) is 11.5 Å². The molecule has 1 fully saturated rings. The molecule has 1 heterocycles. The molecule has 29 heavy (non-hydrogen) atoms. The van der Waals surface area contributed by atoms with Gasteiger partial charge in [-0.2, -0.15) is 0 Å². The lowest BCUT2D eigenvalue weighted by atomic mass is 9.74. The molecule has 154 valence electrons. The first-order valence-electron chi connectivity index (χ1n) is 9.62. The summed E-state index contributed by atoms with van der Waals surface area (Å²) in [5.74, 6) is 0.153. The van der Waals surface area contributed by atoms with Gasteiger partial charge in [-0.25, -0.2) is 0 Å². The molecule has 0 bridgehead atoms. The van der Waals surface area contributed by atoms with Crippen LogP contribution in [0.4, 0.5) is 0 Å². The summed E-state index contributed by atoms with van der Waals surface area (Å²) in [4.78, 5) is 28.2. The molecule has 2 aromatic carbocycles. The van der Waals surface area contributed by atoms with Gasteiger partial charge in [0, 0.05) is 23.0 Å². The van der Waals surface area contributed by atoms with E-state index in [-0.39, 0.29) is 17.6 Å². The third kappa shape index (κ3) is 3.71. The monoisotopic (exact) mass is 415 g/mol. The van der Waals surface area contributed by atoms with Gasteiger partial charge in [-0.3, -0.25) is 9.59 Å². The van der Waals surface area contributed by atoms with E-state index in [9.17, 15) is 9.59 Å². The van der Waals surface area contributed by atoms with Crippen LogP contribution in [0, 0.1) is 11.8 Å². The van der Waals surface area contributed by atoms with E-state index in [1.807, 2.05) is 62.4 Å². The van der Waals surface area contributed by atoms with E-state index in [1.165, 1.54) is 0 Å². The van der Waals surface area contributed by atoms with Crippen LogP contribution in [0.15, 0.2) is 48.5 Å². The van der Waals surface area contributed by atoms with Crippen molar-refractivity contribution in [2.75, 3.05) is 20.1 Å². The lowest BCUT2D eigenvalue weighted by Crippen LogP contribution is -2.52. The summed E-state index contributed by atoms with van der Waals surface area (Å²) < 4.78 is 11.1. The molecule has 2 aromatic rings. The van der Waals surface area contributed by atoms with Crippen LogP contribution in [-0.4, -0.2) is 36.7 Å². The van der Waals surface area contributed by atoms with Gasteiger partial charge >= 0.3 is 0 Å². The number of amides is 1. The molecule has 6 heteroatoms. The highest BCUT2D eigenvalue weighted by Crippen LogP contribution is 2.49. The lowest BCUT2D eigenvalue weighted by Gasteiger charge is -2.48. The molecule has 0 aromatic heterocycles. The van der Waals surface area contributed by atoms with Gasteiger partial charge in [-0.1, -0.05) is 50.2 Å². The summed E-state index contributed by atoms with van der Waals surface area (Å²) in [7, 11) is 3.17. The van der Waals surface area contributed by atoms with Crippen LogP contribution in [-0.2, 0) is 9.59 Å². The fourth-order valence-electron chi connectivity index (χ4n) is 4.42. The van der Waals surface area contributed by atoms with Crippen molar-refractivity contribution in [3.63, 3.8) is 0 Å². The molecule has 1 amide bonds. The third-order valence-electron chi connectivity index (χ3n) is 5.76. The Bertz CT molecular complexity index is 836. The van der Waals surface area contributed by atoms with Crippen LogP contribution in [0.3, 0.4) is 0 Å². The van der Waals surface area contributed by atoms with Crippen molar-refractivity contribution in [2.24, 2.45) is 11.8 Å². The molecule has 1 aliphatic rings. The highest BCUT2D eigenvalue weighted by atomic mass is 35.5. The molecule has 0 saturated carbocycles. The Labute approximate surface area is 176 Å². The number of ketones is 1. The number of alkyl halides is 1. The average Bonchev–Trinajstić information content (AvgIpc) is 2.76. The Morgan fingerprint density at radius 2 is 1.31 bits per heavy atom. The number of nitrogens with zero attached hydrogens (tertiary/aromatic N) is 1. The smallest absolute Gasteiger partial charge is 0.238 e. The molecular weight excluding hydrogens is 390 g/mol. The Morgan fingerprint density at radius 3 is 1.69 bits per heavy atom. The van der Waals surface area contributed by atoms with Crippen LogP contribution in [0.2, 0.25) is 0 Å². The molecule has 0 aliphatic carbocycles. The zero-order valence-electron chi connectivity index (χ0n) is 17.1. The van der Waals surface area contributed by atoms with Crippen molar-refractivity contribution in [3.8, 4) is 11.5 Å². The number of hydrogen-bond donors (Lipinski definition) is 0. The molecule has 0 N–H and O–H groups in total. The number of methoxy groups -OCH3 is 2. The van der Waals surface area contributed by atoms with Gasteiger partial charge in [-0.15, -0.1) is 11.6 Å². The number of Topliss-reactive ketones (excluding diaryl/α,β-unsaturated/α-hetero) is 1. The highest BCUT2D eigenvalue weighted by molar-refractivity contribution is 6.27. The van der Waals surface area contributed by atoms with Crippen LogP contribution in [0.25, 0.3) is 0 Å². The molecule has 0 unspecified atom stereocenters. The SMILES string of the molecule is COc1ccccc1[C@@H]1[C@@H](C)C(=O)[C@@H](C)[C@H](c2ccccc2OC)N1C(=O)CCl. The number of para-hydroxylation sites is 2. The van der Waals surface area contributed by atoms with E-state index in [2.05, 4.69) is 0 Å². The Hall–Kier alpha value is -2.53. The second-order valence-electron chi connectivity index (χ2n) is 7.29. The van der Waals surface area contributed by atoms with Crippen molar-refractivity contribution < 1.29 is 19.1 Å². The first-order chi connectivity index (χ1) is 14.0. The van der Waals surface area contributed by atoms with E-state index >= 15 is 0 Å². The van der Waals surface area contributed by atoms with E-state index < -0.39 is 23.9 Å². The number of likely N-dealkylation sites (tertiary alicyclic amines) is 1. The fraction of sp³-hybridized carbons (Fsp3) is 0.391. The molecule has 4 atom stereocenters. The second-order valence-corrected chi connectivity index (χ2v) is 7.56. The predicted molar refractivity (Wildman–Crippen MR) is 112 cm³/mol. The summed E-state index contributed by atoms with van der Waals surface area (Å²) in [5.41, 5.74) is 1.59. The number of carbonyl (C=O) groups excluding carboxylic acids is 2. The molecule has 1 aliphatic heterocycles. The zero-order chi connectivity index (χ0) is 21.1. The minimum Gasteiger partial charge on any atom is -0.496 e. The van der Waals surface area contributed by atoms with Crippen LogP contribution in [0.5, 0.6) is 11.5 Å². The van der Waals surface area contributed by atoms with Crippen molar-refractivity contribution >= 4 is 23.3 Å². The van der Waals surface area contributed by atoms with Gasteiger partial charge in [0.1, 0.15) is 23.2 Å². The number of hydrogen-bond acceptors (Lipinski definition) is 4. The summed E-state index contributed by atoms with van der Waals surface area (Å²) in [6, 6.07) is 14.0. The summed E-state index contributed by atoms with van der Waals surface area (Å²) in [6.07, 6.45) is 0. The van der Waals surface area contributed by atoms with Crippen molar-refractivity contribution in [1.82, 2.24) is 4.90 Å². The number of ether oxygens (including phenoxy) is 2. The molecule has 3 rings (SSSR count). The molecule has 5 nitrogen and oxygen atoms in total. The first-order valence-corrected chi connectivity index (χ1v) is 10.2. The second kappa shape index (κ2) is 8.87. The maximum absolute atomic E-state index is 13.3. The van der Waals surface area contributed by atoms with Crippen molar-refractivity contribution in [3.05, 3.63) is 59.7 Å². The highest BCUT2D eigenvalue weighted by Gasteiger charge is 2.49. The Balaban J connectivity index is 2.24. The summed E-state index contributed by atoms with van der Waals surface area (Å²) >= 11 is 6.03. The molecular formula is C23H26ClNO4. The molecule has 0 radical (unpaired) electrons. The zero-order valence-corrected chi connectivity index (χ0v) is 17.8. The van der Waals surface area contributed by atoms with Gasteiger partial charge in [0.15, 0.2) is 0 Å². The number of benzene rings is 2.